The van der Waals surface area contributed by atoms with Gasteiger partial charge in [-0.15, -0.1) is 0 Å². The third kappa shape index (κ3) is 1.97. The molecular weight excluding hydrogens is 256 g/mol. The number of imidazole rings is 1. The number of aryl methyl sites for hydroxylation is 2. The summed E-state index contributed by atoms with van der Waals surface area (Å²) in [6.07, 6.45) is 0. The molecule has 0 radical (unpaired) electrons. The number of aliphatic carboxylic acids is 1. The van der Waals surface area contributed by atoms with Crippen LogP contribution in [0.25, 0.3) is 22.4 Å². The summed E-state index contributed by atoms with van der Waals surface area (Å²) in [5, 5.41) is 9.12. The van der Waals surface area contributed by atoms with Gasteiger partial charge in [-0.1, -0.05) is 12.1 Å². The van der Waals surface area contributed by atoms with Crippen LogP contribution in [0.3, 0.4) is 0 Å². The maximum Gasteiger partial charge on any atom is 0.323 e. The smallest absolute Gasteiger partial charge is 0.323 e. The molecule has 0 spiro atoms. The molecule has 2 heterocycles. The number of furan rings is 1. The van der Waals surface area contributed by atoms with Crippen molar-refractivity contribution in [3.8, 4) is 11.4 Å². The summed E-state index contributed by atoms with van der Waals surface area (Å²) in [6, 6.07) is 9.39. The van der Waals surface area contributed by atoms with Crippen LogP contribution in [0, 0.1) is 13.8 Å². The van der Waals surface area contributed by atoms with Crippen LogP contribution in [0.15, 0.2) is 34.7 Å². The van der Waals surface area contributed by atoms with Crippen molar-refractivity contribution in [2.75, 3.05) is 0 Å². The number of hydrogen-bond donors (Lipinski definition) is 1. The standard InChI is InChI=1S/C15H14N2O3/c1-9-7-11(10(2)20-9)15-16-12-5-3-4-6-13(12)17(15)8-14(18)19/h3-7H,8H2,1-2H3,(H,18,19). The average molecular weight is 270 g/mol. The van der Waals surface area contributed by atoms with E-state index in [9.17, 15) is 4.79 Å². The molecule has 3 aromatic rings. The minimum Gasteiger partial charge on any atom is -0.480 e. The number of aromatic nitrogens is 2. The maximum atomic E-state index is 11.1. The van der Waals surface area contributed by atoms with Crippen LogP contribution in [0.1, 0.15) is 11.5 Å². The monoisotopic (exact) mass is 270 g/mol. The SMILES string of the molecule is Cc1cc(-c2nc3ccccc3n2CC(=O)O)c(C)o1. The molecule has 1 aromatic carbocycles. The summed E-state index contributed by atoms with van der Waals surface area (Å²) >= 11 is 0. The fourth-order valence-electron chi connectivity index (χ4n) is 2.43. The Morgan fingerprint density at radius 2 is 2.10 bits per heavy atom. The summed E-state index contributed by atoms with van der Waals surface area (Å²) in [7, 11) is 0. The number of carboxylic acids is 1. The van der Waals surface area contributed by atoms with E-state index in [-0.39, 0.29) is 6.54 Å². The first-order valence-electron chi connectivity index (χ1n) is 6.30. The van der Waals surface area contributed by atoms with Gasteiger partial charge in [0.25, 0.3) is 0 Å². The zero-order chi connectivity index (χ0) is 14.3. The zero-order valence-electron chi connectivity index (χ0n) is 11.3. The van der Waals surface area contributed by atoms with Gasteiger partial charge in [0.1, 0.15) is 23.9 Å². The second-order valence-electron chi connectivity index (χ2n) is 4.73. The Balaban J connectivity index is 2.28. The molecule has 2 aromatic heterocycles. The van der Waals surface area contributed by atoms with Crippen molar-refractivity contribution in [1.29, 1.82) is 0 Å². The van der Waals surface area contributed by atoms with Crippen LogP contribution >= 0.6 is 0 Å². The van der Waals surface area contributed by atoms with Crippen LogP contribution in [-0.2, 0) is 11.3 Å². The van der Waals surface area contributed by atoms with E-state index in [1.807, 2.05) is 44.2 Å². The van der Waals surface area contributed by atoms with Gasteiger partial charge in [-0.3, -0.25) is 4.79 Å². The van der Waals surface area contributed by atoms with E-state index in [0.29, 0.717) is 5.82 Å². The van der Waals surface area contributed by atoms with Crippen LogP contribution in [0.2, 0.25) is 0 Å². The molecule has 0 unspecified atom stereocenters. The second-order valence-corrected chi connectivity index (χ2v) is 4.73. The minimum absolute atomic E-state index is 0.125. The predicted octanol–water partition coefficient (Wildman–Crippen LogP) is 3.00. The Kier molecular flexibility index (Phi) is 2.82. The molecule has 0 aliphatic rings. The normalized spacial score (nSPS) is 11.1. The Morgan fingerprint density at radius 3 is 2.75 bits per heavy atom. The molecule has 0 fully saturated rings. The number of benzene rings is 1. The van der Waals surface area contributed by atoms with E-state index in [1.165, 1.54) is 0 Å². The first-order valence-corrected chi connectivity index (χ1v) is 6.30. The number of carbonyl (C=O) groups is 1. The fourth-order valence-corrected chi connectivity index (χ4v) is 2.43. The minimum atomic E-state index is -0.896. The van der Waals surface area contributed by atoms with Crippen LogP contribution in [0.4, 0.5) is 0 Å². The van der Waals surface area contributed by atoms with E-state index in [1.54, 1.807) is 4.57 Å². The number of fused-ring (bicyclic) bond motifs is 1. The largest absolute Gasteiger partial charge is 0.480 e. The molecule has 1 N–H and O–H groups in total. The van der Waals surface area contributed by atoms with Crippen molar-refractivity contribution in [3.63, 3.8) is 0 Å². The topological polar surface area (TPSA) is 68.3 Å². The van der Waals surface area contributed by atoms with Crippen molar-refractivity contribution in [2.45, 2.75) is 20.4 Å². The zero-order valence-corrected chi connectivity index (χ0v) is 11.3. The van der Waals surface area contributed by atoms with Gasteiger partial charge in [0.2, 0.25) is 0 Å². The highest BCUT2D eigenvalue weighted by Gasteiger charge is 2.18. The van der Waals surface area contributed by atoms with Gasteiger partial charge in [-0.25, -0.2) is 4.98 Å². The van der Waals surface area contributed by atoms with Crippen LogP contribution in [0.5, 0.6) is 0 Å². The van der Waals surface area contributed by atoms with Crippen molar-refractivity contribution in [1.82, 2.24) is 9.55 Å². The second kappa shape index (κ2) is 4.52. The molecule has 0 amide bonds. The predicted molar refractivity (Wildman–Crippen MR) is 74.5 cm³/mol. The third-order valence-electron chi connectivity index (χ3n) is 3.23. The van der Waals surface area contributed by atoms with E-state index in [0.717, 1.165) is 28.1 Å². The van der Waals surface area contributed by atoms with Gasteiger partial charge in [0.05, 0.1) is 16.6 Å². The van der Waals surface area contributed by atoms with Crippen LogP contribution < -0.4 is 0 Å². The molecule has 0 bridgehead atoms. The Morgan fingerprint density at radius 1 is 1.35 bits per heavy atom. The lowest BCUT2D eigenvalue weighted by Crippen LogP contribution is -2.10. The van der Waals surface area contributed by atoms with Crippen molar-refractivity contribution < 1.29 is 14.3 Å². The number of para-hydroxylation sites is 2. The van der Waals surface area contributed by atoms with Crippen molar-refractivity contribution in [2.24, 2.45) is 0 Å². The highest BCUT2D eigenvalue weighted by atomic mass is 16.4. The molecule has 5 nitrogen and oxygen atoms in total. The van der Waals surface area contributed by atoms with Crippen molar-refractivity contribution in [3.05, 3.63) is 41.9 Å². The first kappa shape index (κ1) is 12.5. The Bertz CT molecular complexity index is 799. The van der Waals surface area contributed by atoms with E-state index in [4.69, 9.17) is 9.52 Å². The van der Waals surface area contributed by atoms with E-state index < -0.39 is 5.97 Å². The van der Waals surface area contributed by atoms with Gasteiger partial charge in [0.15, 0.2) is 0 Å². The quantitative estimate of drug-likeness (QED) is 0.794. The summed E-state index contributed by atoms with van der Waals surface area (Å²) in [5.74, 6) is 1.26. The molecule has 0 aliphatic heterocycles. The molecule has 102 valence electrons. The molecule has 3 rings (SSSR count). The summed E-state index contributed by atoms with van der Waals surface area (Å²) in [5.41, 5.74) is 2.42. The molecule has 0 atom stereocenters. The highest BCUT2D eigenvalue weighted by molar-refractivity contribution is 5.83. The van der Waals surface area contributed by atoms with Gasteiger partial charge in [0, 0.05) is 0 Å². The molecule has 5 heteroatoms. The van der Waals surface area contributed by atoms with E-state index in [2.05, 4.69) is 4.98 Å². The van der Waals surface area contributed by atoms with Crippen molar-refractivity contribution >= 4 is 17.0 Å². The lowest BCUT2D eigenvalue weighted by atomic mass is 10.2. The van der Waals surface area contributed by atoms with Gasteiger partial charge >= 0.3 is 5.97 Å². The molecule has 0 saturated carbocycles. The van der Waals surface area contributed by atoms with E-state index >= 15 is 0 Å². The fraction of sp³-hybridized carbons (Fsp3) is 0.200. The lowest BCUT2D eigenvalue weighted by molar-refractivity contribution is -0.137. The molecule has 20 heavy (non-hydrogen) atoms. The molecule has 0 aliphatic carbocycles. The number of rotatable bonds is 3. The molecular formula is C15H14N2O3. The first-order chi connectivity index (χ1) is 9.56. The molecule has 0 saturated heterocycles. The van der Waals surface area contributed by atoms with Gasteiger partial charge in [-0.05, 0) is 32.0 Å². The van der Waals surface area contributed by atoms with Crippen LogP contribution in [-0.4, -0.2) is 20.6 Å². The number of carboxylic acid groups (broad SMARTS) is 1. The Hall–Kier alpha value is -2.56. The van der Waals surface area contributed by atoms with Gasteiger partial charge in [-0.2, -0.15) is 0 Å². The van der Waals surface area contributed by atoms with Gasteiger partial charge < -0.3 is 14.1 Å². The Labute approximate surface area is 115 Å². The highest BCUT2D eigenvalue weighted by Crippen LogP contribution is 2.29. The summed E-state index contributed by atoms with van der Waals surface area (Å²) in [4.78, 5) is 15.7. The summed E-state index contributed by atoms with van der Waals surface area (Å²) < 4.78 is 7.23. The number of nitrogens with zero attached hydrogens (tertiary/aromatic N) is 2. The average Bonchev–Trinajstić information content (AvgIpc) is 2.90. The summed E-state index contributed by atoms with van der Waals surface area (Å²) in [6.45, 7) is 3.59. The number of hydrogen-bond acceptors (Lipinski definition) is 3. The maximum absolute atomic E-state index is 11.1. The lowest BCUT2D eigenvalue weighted by Gasteiger charge is -2.05. The third-order valence-corrected chi connectivity index (χ3v) is 3.23.